The third-order valence-electron chi connectivity index (χ3n) is 4.21. The molecule has 1 saturated carbocycles. The van der Waals surface area contributed by atoms with Gasteiger partial charge in [-0.25, -0.2) is 9.18 Å². The lowest BCUT2D eigenvalue weighted by Crippen LogP contribution is -2.46. The smallest absolute Gasteiger partial charge is 0.323 e. The van der Waals surface area contributed by atoms with Crippen molar-refractivity contribution in [3.63, 3.8) is 0 Å². The van der Waals surface area contributed by atoms with Crippen LogP contribution < -0.4 is 5.32 Å². The van der Waals surface area contributed by atoms with Crippen LogP contribution >= 0.6 is 0 Å². The van der Waals surface area contributed by atoms with Gasteiger partial charge in [-0.3, -0.25) is 9.69 Å². The Morgan fingerprint density at radius 3 is 2.76 bits per heavy atom. The second kappa shape index (κ2) is 4.55. The maximum absolute atomic E-state index is 13.9. The zero-order chi connectivity index (χ0) is 15.2. The second-order valence-electron chi connectivity index (χ2n) is 5.72. The van der Waals surface area contributed by atoms with E-state index in [-0.39, 0.29) is 29.5 Å². The van der Waals surface area contributed by atoms with E-state index in [9.17, 15) is 14.0 Å². The molecule has 2 aliphatic rings. The van der Waals surface area contributed by atoms with Gasteiger partial charge in [0.25, 0.3) is 5.91 Å². The monoisotopic (exact) mass is 287 g/mol. The highest BCUT2D eigenvalue weighted by Gasteiger charge is 2.55. The quantitative estimate of drug-likeness (QED) is 0.863. The molecule has 108 valence electrons. The number of imide groups is 1. The van der Waals surface area contributed by atoms with Crippen molar-refractivity contribution in [3.05, 3.63) is 35.1 Å². The summed E-state index contributed by atoms with van der Waals surface area (Å²) in [7, 11) is 0. The summed E-state index contributed by atoms with van der Waals surface area (Å²) in [6, 6.07) is 5.36. The first-order valence-electron chi connectivity index (χ1n) is 6.78. The van der Waals surface area contributed by atoms with Gasteiger partial charge in [-0.15, -0.1) is 0 Å². The Balaban J connectivity index is 1.83. The third-order valence-corrected chi connectivity index (χ3v) is 4.21. The molecular formula is C15H14FN3O2. The molecule has 1 aromatic carbocycles. The summed E-state index contributed by atoms with van der Waals surface area (Å²) in [5, 5.41) is 11.4. The number of benzene rings is 1. The van der Waals surface area contributed by atoms with E-state index in [0.717, 1.165) is 23.8 Å². The lowest BCUT2D eigenvalue weighted by molar-refractivity contribution is -0.131. The predicted octanol–water partition coefficient (Wildman–Crippen LogP) is 1.92. The zero-order valence-corrected chi connectivity index (χ0v) is 11.5. The van der Waals surface area contributed by atoms with Gasteiger partial charge in [-0.1, -0.05) is 6.07 Å². The third kappa shape index (κ3) is 2.15. The van der Waals surface area contributed by atoms with Crippen molar-refractivity contribution in [2.24, 2.45) is 5.92 Å². The highest BCUT2D eigenvalue weighted by atomic mass is 19.1. The van der Waals surface area contributed by atoms with Crippen molar-refractivity contribution in [2.45, 2.75) is 31.8 Å². The number of carbonyl (C=O) groups excluding carboxylic acids is 2. The molecule has 0 radical (unpaired) electrons. The van der Waals surface area contributed by atoms with Gasteiger partial charge in [0.15, 0.2) is 0 Å². The summed E-state index contributed by atoms with van der Waals surface area (Å²) >= 11 is 0. The van der Waals surface area contributed by atoms with Crippen molar-refractivity contribution >= 4 is 11.9 Å². The number of hydrogen-bond donors (Lipinski definition) is 1. The Hall–Kier alpha value is -2.42. The van der Waals surface area contributed by atoms with E-state index in [4.69, 9.17) is 5.26 Å². The van der Waals surface area contributed by atoms with E-state index in [1.54, 1.807) is 6.92 Å². The number of halogens is 1. The molecule has 0 spiro atoms. The Morgan fingerprint density at radius 2 is 2.19 bits per heavy atom. The van der Waals surface area contributed by atoms with E-state index in [1.807, 2.05) is 6.07 Å². The molecule has 1 heterocycles. The highest BCUT2D eigenvalue weighted by molar-refractivity contribution is 6.07. The van der Waals surface area contributed by atoms with Gasteiger partial charge >= 0.3 is 6.03 Å². The van der Waals surface area contributed by atoms with Crippen LogP contribution in [0, 0.1) is 23.1 Å². The molecule has 1 unspecified atom stereocenters. The van der Waals surface area contributed by atoms with Gasteiger partial charge in [0, 0.05) is 5.56 Å². The lowest BCUT2D eigenvalue weighted by Gasteiger charge is -2.21. The van der Waals surface area contributed by atoms with E-state index in [2.05, 4.69) is 5.32 Å². The summed E-state index contributed by atoms with van der Waals surface area (Å²) in [5.74, 6) is -0.724. The molecule has 5 nitrogen and oxygen atoms in total. The van der Waals surface area contributed by atoms with Gasteiger partial charge < -0.3 is 5.32 Å². The zero-order valence-electron chi connectivity index (χ0n) is 11.5. The summed E-state index contributed by atoms with van der Waals surface area (Å²) in [6.45, 7) is 1.60. The van der Waals surface area contributed by atoms with E-state index < -0.39 is 17.4 Å². The predicted molar refractivity (Wildman–Crippen MR) is 71.3 cm³/mol. The minimum absolute atomic E-state index is 0.121. The number of carbonyl (C=O) groups is 2. The number of urea groups is 1. The Labute approximate surface area is 121 Å². The number of amides is 3. The maximum atomic E-state index is 13.9. The number of nitriles is 1. The molecule has 1 atom stereocenters. The molecule has 6 heteroatoms. The fourth-order valence-corrected chi connectivity index (χ4v) is 2.71. The average molecular weight is 287 g/mol. The summed E-state index contributed by atoms with van der Waals surface area (Å²) in [6.07, 6.45) is 1.84. The second-order valence-corrected chi connectivity index (χ2v) is 5.72. The van der Waals surface area contributed by atoms with Crippen LogP contribution in [0.2, 0.25) is 0 Å². The van der Waals surface area contributed by atoms with Gasteiger partial charge in [0.1, 0.15) is 11.4 Å². The van der Waals surface area contributed by atoms with Crippen LogP contribution in [0.25, 0.3) is 0 Å². The molecule has 1 N–H and O–H groups in total. The first-order chi connectivity index (χ1) is 9.95. The summed E-state index contributed by atoms with van der Waals surface area (Å²) in [5.41, 5.74) is -0.436. The van der Waals surface area contributed by atoms with Crippen LogP contribution in [0.3, 0.4) is 0 Å². The molecular weight excluding hydrogens is 273 g/mol. The molecule has 1 aromatic rings. The van der Waals surface area contributed by atoms with Crippen LogP contribution in [-0.2, 0) is 11.3 Å². The number of rotatable bonds is 3. The van der Waals surface area contributed by atoms with Crippen molar-refractivity contribution in [2.75, 3.05) is 0 Å². The minimum atomic E-state index is -0.861. The van der Waals surface area contributed by atoms with E-state index in [0.29, 0.717) is 0 Å². The normalized spacial score (nSPS) is 24.9. The van der Waals surface area contributed by atoms with Crippen LogP contribution in [-0.4, -0.2) is 22.4 Å². The van der Waals surface area contributed by atoms with Crippen molar-refractivity contribution < 1.29 is 14.0 Å². The molecule has 0 bridgehead atoms. The van der Waals surface area contributed by atoms with Gasteiger partial charge in [-0.05, 0) is 37.8 Å². The fourth-order valence-electron chi connectivity index (χ4n) is 2.71. The van der Waals surface area contributed by atoms with Crippen LogP contribution in [0.5, 0.6) is 0 Å². The summed E-state index contributed by atoms with van der Waals surface area (Å²) < 4.78 is 13.9. The number of hydrogen-bond acceptors (Lipinski definition) is 3. The van der Waals surface area contributed by atoms with Gasteiger partial charge in [0.05, 0.1) is 18.2 Å². The standard InChI is InChI=1S/C15H14FN3O2/c1-15(11-4-5-11)13(20)19(14(21)18-15)8-10-3-2-9(7-17)6-12(10)16/h2-3,6,11H,4-5,8H2,1H3,(H,18,21). The minimum Gasteiger partial charge on any atom is -0.323 e. The van der Waals surface area contributed by atoms with Crippen molar-refractivity contribution in [1.82, 2.24) is 10.2 Å². The molecule has 1 aliphatic heterocycles. The maximum Gasteiger partial charge on any atom is 0.325 e. The molecule has 2 fully saturated rings. The largest absolute Gasteiger partial charge is 0.325 e. The first-order valence-corrected chi connectivity index (χ1v) is 6.78. The molecule has 0 aromatic heterocycles. The van der Waals surface area contributed by atoms with Crippen LogP contribution in [0.1, 0.15) is 30.9 Å². The van der Waals surface area contributed by atoms with Crippen LogP contribution in [0.4, 0.5) is 9.18 Å². The number of nitrogens with zero attached hydrogens (tertiary/aromatic N) is 2. The molecule has 1 aliphatic carbocycles. The average Bonchev–Trinajstić information content (AvgIpc) is 3.26. The first kappa shape index (κ1) is 13.6. The Kier molecular flexibility index (Phi) is 2.94. The van der Waals surface area contributed by atoms with E-state index >= 15 is 0 Å². The SMILES string of the molecule is CC1(C2CC2)NC(=O)N(Cc2ccc(C#N)cc2F)C1=O. The van der Waals surface area contributed by atoms with Crippen molar-refractivity contribution in [3.8, 4) is 6.07 Å². The van der Waals surface area contributed by atoms with Gasteiger partial charge in [0.2, 0.25) is 0 Å². The fraction of sp³-hybridized carbons (Fsp3) is 0.400. The van der Waals surface area contributed by atoms with Crippen LogP contribution in [0.15, 0.2) is 18.2 Å². The topological polar surface area (TPSA) is 73.2 Å². The molecule has 1 saturated heterocycles. The lowest BCUT2D eigenvalue weighted by atomic mass is 9.96. The Bertz CT molecular complexity index is 678. The van der Waals surface area contributed by atoms with Crippen molar-refractivity contribution in [1.29, 1.82) is 5.26 Å². The Morgan fingerprint density at radius 1 is 1.48 bits per heavy atom. The highest BCUT2D eigenvalue weighted by Crippen LogP contribution is 2.42. The molecule has 21 heavy (non-hydrogen) atoms. The summed E-state index contributed by atoms with van der Waals surface area (Å²) in [4.78, 5) is 25.5. The number of nitrogens with one attached hydrogen (secondary N) is 1. The molecule has 3 amide bonds. The van der Waals surface area contributed by atoms with E-state index in [1.165, 1.54) is 12.1 Å². The molecule has 3 rings (SSSR count). The van der Waals surface area contributed by atoms with Gasteiger partial charge in [-0.2, -0.15) is 5.26 Å².